The van der Waals surface area contributed by atoms with E-state index in [1.807, 2.05) is 29.5 Å². The standard InChI is InChI=1S/C9H11IN2O/c1-4-3-6(4)8-11-5(2)7(10)9(13)12-8/h4,6H,3H2,1-2H3,(H,11,12,13). The first-order valence-corrected chi connectivity index (χ1v) is 5.43. The number of halogens is 1. The number of rotatable bonds is 1. The molecule has 1 N–H and O–H groups in total. The van der Waals surface area contributed by atoms with Crippen LogP contribution in [0.25, 0.3) is 0 Å². The lowest BCUT2D eigenvalue weighted by molar-refractivity contribution is 0.818. The summed E-state index contributed by atoms with van der Waals surface area (Å²) < 4.78 is 0.703. The fraction of sp³-hybridized carbons (Fsp3) is 0.556. The Morgan fingerprint density at radius 1 is 1.62 bits per heavy atom. The minimum Gasteiger partial charge on any atom is -0.309 e. The normalized spacial score (nSPS) is 26.1. The number of nitrogens with one attached hydrogen (secondary N) is 1. The zero-order valence-corrected chi connectivity index (χ0v) is 9.75. The Morgan fingerprint density at radius 2 is 2.23 bits per heavy atom. The van der Waals surface area contributed by atoms with Gasteiger partial charge in [-0.3, -0.25) is 4.79 Å². The van der Waals surface area contributed by atoms with Crippen LogP contribution in [-0.2, 0) is 0 Å². The van der Waals surface area contributed by atoms with Crippen LogP contribution in [0.1, 0.15) is 30.8 Å². The van der Waals surface area contributed by atoms with E-state index in [9.17, 15) is 4.79 Å². The highest BCUT2D eigenvalue weighted by molar-refractivity contribution is 14.1. The number of H-pyrrole nitrogens is 1. The number of nitrogens with zero attached hydrogens (tertiary/aromatic N) is 1. The molecule has 1 aromatic heterocycles. The van der Waals surface area contributed by atoms with Crippen molar-refractivity contribution in [2.24, 2.45) is 5.92 Å². The molecule has 1 aromatic rings. The summed E-state index contributed by atoms with van der Waals surface area (Å²) >= 11 is 2.03. The quantitative estimate of drug-likeness (QED) is 0.802. The summed E-state index contributed by atoms with van der Waals surface area (Å²) in [6.07, 6.45) is 1.16. The van der Waals surface area contributed by atoms with E-state index < -0.39 is 0 Å². The van der Waals surface area contributed by atoms with Gasteiger partial charge in [-0.1, -0.05) is 6.92 Å². The van der Waals surface area contributed by atoms with E-state index in [4.69, 9.17) is 0 Å². The van der Waals surface area contributed by atoms with Gasteiger partial charge in [-0.05, 0) is 41.9 Å². The van der Waals surface area contributed by atoms with Crippen LogP contribution in [0.4, 0.5) is 0 Å². The molecular formula is C9H11IN2O. The molecule has 1 fully saturated rings. The molecule has 0 spiro atoms. The predicted molar refractivity (Wildman–Crippen MR) is 58.8 cm³/mol. The summed E-state index contributed by atoms with van der Waals surface area (Å²) in [5.41, 5.74) is 0.848. The molecule has 1 saturated carbocycles. The van der Waals surface area contributed by atoms with Gasteiger partial charge >= 0.3 is 0 Å². The molecule has 1 aliphatic rings. The number of aromatic amines is 1. The second-order valence-corrected chi connectivity index (χ2v) is 4.75. The van der Waals surface area contributed by atoms with Crippen molar-refractivity contribution in [3.05, 3.63) is 25.4 Å². The van der Waals surface area contributed by atoms with E-state index in [0.717, 1.165) is 17.9 Å². The third-order valence-electron chi connectivity index (χ3n) is 2.51. The van der Waals surface area contributed by atoms with Gasteiger partial charge in [-0.25, -0.2) is 4.98 Å². The topological polar surface area (TPSA) is 45.8 Å². The predicted octanol–water partition coefficient (Wildman–Crippen LogP) is 1.81. The van der Waals surface area contributed by atoms with Crippen molar-refractivity contribution < 1.29 is 0 Å². The maximum Gasteiger partial charge on any atom is 0.264 e. The first-order valence-electron chi connectivity index (χ1n) is 4.36. The summed E-state index contributed by atoms with van der Waals surface area (Å²) in [7, 11) is 0. The van der Waals surface area contributed by atoms with Gasteiger partial charge in [0, 0.05) is 5.92 Å². The second-order valence-electron chi connectivity index (χ2n) is 3.67. The number of aryl methyl sites for hydroxylation is 1. The van der Waals surface area contributed by atoms with Crippen molar-refractivity contribution in [2.45, 2.75) is 26.2 Å². The molecular weight excluding hydrogens is 279 g/mol. The van der Waals surface area contributed by atoms with Crippen LogP contribution in [0, 0.1) is 16.4 Å². The van der Waals surface area contributed by atoms with Crippen LogP contribution >= 0.6 is 22.6 Å². The van der Waals surface area contributed by atoms with Crippen LogP contribution in [0.15, 0.2) is 4.79 Å². The Balaban J connectivity index is 2.45. The van der Waals surface area contributed by atoms with E-state index in [1.54, 1.807) is 0 Å². The van der Waals surface area contributed by atoms with E-state index >= 15 is 0 Å². The maximum atomic E-state index is 11.4. The summed E-state index contributed by atoms with van der Waals surface area (Å²) in [4.78, 5) is 18.6. The summed E-state index contributed by atoms with van der Waals surface area (Å²) in [5.74, 6) is 2.04. The third kappa shape index (κ3) is 1.63. The van der Waals surface area contributed by atoms with Crippen molar-refractivity contribution in [3.8, 4) is 0 Å². The van der Waals surface area contributed by atoms with Gasteiger partial charge in [0.2, 0.25) is 0 Å². The van der Waals surface area contributed by atoms with Gasteiger partial charge in [0.25, 0.3) is 5.56 Å². The van der Waals surface area contributed by atoms with Crippen LogP contribution in [-0.4, -0.2) is 9.97 Å². The SMILES string of the molecule is Cc1nc(C2CC2C)[nH]c(=O)c1I. The Labute approximate surface area is 90.1 Å². The third-order valence-corrected chi connectivity index (χ3v) is 3.78. The Bertz CT molecular complexity index is 399. The molecule has 0 aromatic carbocycles. The minimum absolute atomic E-state index is 0.00204. The Kier molecular flexibility index (Phi) is 2.17. The summed E-state index contributed by atoms with van der Waals surface area (Å²) in [6.45, 7) is 4.06. The minimum atomic E-state index is 0.00204. The fourth-order valence-corrected chi connectivity index (χ4v) is 1.73. The van der Waals surface area contributed by atoms with Gasteiger partial charge in [-0.15, -0.1) is 0 Å². The highest BCUT2D eigenvalue weighted by Crippen LogP contribution is 2.44. The summed E-state index contributed by atoms with van der Waals surface area (Å²) in [6, 6.07) is 0. The lowest BCUT2D eigenvalue weighted by atomic mass is 10.3. The molecule has 0 aliphatic heterocycles. The summed E-state index contributed by atoms with van der Waals surface area (Å²) in [5, 5.41) is 0. The van der Waals surface area contributed by atoms with Gasteiger partial charge < -0.3 is 4.98 Å². The molecule has 4 heteroatoms. The highest BCUT2D eigenvalue weighted by Gasteiger charge is 2.36. The maximum absolute atomic E-state index is 11.4. The van der Waals surface area contributed by atoms with Crippen molar-refractivity contribution in [3.63, 3.8) is 0 Å². The molecule has 0 bridgehead atoms. The van der Waals surface area contributed by atoms with Crippen molar-refractivity contribution in [1.82, 2.24) is 9.97 Å². The van der Waals surface area contributed by atoms with Crippen LogP contribution < -0.4 is 5.56 Å². The van der Waals surface area contributed by atoms with Crippen LogP contribution in [0.2, 0.25) is 0 Å². The number of hydrogen-bond donors (Lipinski definition) is 1. The molecule has 0 saturated heterocycles. The molecule has 70 valence electrons. The molecule has 13 heavy (non-hydrogen) atoms. The van der Waals surface area contributed by atoms with Crippen molar-refractivity contribution >= 4 is 22.6 Å². The fourth-order valence-electron chi connectivity index (χ4n) is 1.47. The Hall–Kier alpha value is -0.390. The monoisotopic (exact) mass is 290 g/mol. The van der Waals surface area contributed by atoms with Gasteiger partial charge in [0.15, 0.2) is 0 Å². The zero-order valence-electron chi connectivity index (χ0n) is 7.60. The van der Waals surface area contributed by atoms with E-state index in [-0.39, 0.29) is 5.56 Å². The lowest BCUT2D eigenvalue weighted by Crippen LogP contribution is -2.16. The van der Waals surface area contributed by atoms with E-state index in [1.165, 1.54) is 0 Å². The van der Waals surface area contributed by atoms with E-state index in [2.05, 4.69) is 16.9 Å². The smallest absolute Gasteiger partial charge is 0.264 e. The lowest BCUT2D eigenvalue weighted by Gasteiger charge is -2.01. The molecule has 2 atom stereocenters. The molecule has 3 nitrogen and oxygen atoms in total. The molecule has 2 rings (SSSR count). The number of aromatic nitrogens is 2. The largest absolute Gasteiger partial charge is 0.309 e. The Morgan fingerprint density at radius 3 is 2.69 bits per heavy atom. The van der Waals surface area contributed by atoms with Gasteiger partial charge in [0.1, 0.15) is 5.82 Å². The second kappa shape index (κ2) is 3.08. The zero-order chi connectivity index (χ0) is 9.59. The van der Waals surface area contributed by atoms with Crippen molar-refractivity contribution in [1.29, 1.82) is 0 Å². The van der Waals surface area contributed by atoms with Gasteiger partial charge in [-0.2, -0.15) is 0 Å². The molecule has 0 amide bonds. The molecule has 1 heterocycles. The first-order chi connectivity index (χ1) is 6.09. The van der Waals surface area contributed by atoms with E-state index in [0.29, 0.717) is 15.4 Å². The van der Waals surface area contributed by atoms with Crippen LogP contribution in [0.5, 0.6) is 0 Å². The first kappa shape index (κ1) is 9.18. The average Bonchev–Trinajstić information content (AvgIpc) is 2.77. The molecule has 1 aliphatic carbocycles. The highest BCUT2D eigenvalue weighted by atomic mass is 127. The van der Waals surface area contributed by atoms with Crippen molar-refractivity contribution in [2.75, 3.05) is 0 Å². The average molecular weight is 290 g/mol. The van der Waals surface area contributed by atoms with Gasteiger partial charge in [0.05, 0.1) is 9.26 Å². The number of hydrogen-bond acceptors (Lipinski definition) is 2. The molecule has 2 unspecified atom stereocenters. The molecule has 0 radical (unpaired) electrons. The van der Waals surface area contributed by atoms with Crippen LogP contribution in [0.3, 0.4) is 0 Å².